The van der Waals surface area contributed by atoms with Gasteiger partial charge in [-0.05, 0) is 24.6 Å². The van der Waals surface area contributed by atoms with Crippen molar-refractivity contribution < 1.29 is 13.5 Å². The lowest BCUT2D eigenvalue weighted by Crippen LogP contribution is -2.33. The van der Waals surface area contributed by atoms with Gasteiger partial charge in [0.15, 0.2) is 5.82 Å². The number of nitrogens with zero attached hydrogens (tertiary/aromatic N) is 4. The molecule has 0 radical (unpaired) electrons. The van der Waals surface area contributed by atoms with Crippen LogP contribution < -0.4 is 5.32 Å². The molecule has 110 valence electrons. The van der Waals surface area contributed by atoms with Crippen LogP contribution in [0.2, 0.25) is 0 Å². The van der Waals surface area contributed by atoms with Crippen molar-refractivity contribution in [3.8, 4) is 0 Å². The number of aryl methyl sites for hydroxylation is 1. The average Bonchev–Trinajstić information content (AvgIpc) is 2.76. The third-order valence-electron chi connectivity index (χ3n) is 2.52. The molecule has 0 fully saturated rings. The fraction of sp³-hybridized carbons (Fsp3) is 0.909. The Morgan fingerprint density at radius 3 is 2.79 bits per heavy atom. The second-order valence-electron chi connectivity index (χ2n) is 4.30. The summed E-state index contributed by atoms with van der Waals surface area (Å²) in [6.45, 7) is 2.72. The summed E-state index contributed by atoms with van der Waals surface area (Å²) >= 11 is 0. The first kappa shape index (κ1) is 15.9. The maximum absolute atomic E-state index is 11.9. The van der Waals surface area contributed by atoms with Gasteiger partial charge in [0.2, 0.25) is 0 Å². The number of halogens is 2. The van der Waals surface area contributed by atoms with Crippen molar-refractivity contribution in [2.45, 2.75) is 38.7 Å². The zero-order valence-corrected chi connectivity index (χ0v) is 11.4. The fourth-order valence-electron chi connectivity index (χ4n) is 1.65. The molecule has 0 saturated heterocycles. The van der Waals surface area contributed by atoms with Gasteiger partial charge in [-0.2, -0.15) is 4.80 Å². The number of hydrogen-bond donors (Lipinski definition) is 1. The van der Waals surface area contributed by atoms with Gasteiger partial charge in [-0.25, -0.2) is 8.78 Å². The standard InChI is InChI=1S/C11H21F2N5O/c1-3-5-14-9(4-6-19-8-10(12)13)7-11-15-17-18(2)16-11/h9-10,14H,3-8H2,1-2H3. The fourth-order valence-corrected chi connectivity index (χ4v) is 1.65. The van der Waals surface area contributed by atoms with Crippen LogP contribution >= 0.6 is 0 Å². The molecule has 1 aromatic rings. The van der Waals surface area contributed by atoms with E-state index in [4.69, 9.17) is 4.74 Å². The van der Waals surface area contributed by atoms with E-state index in [1.807, 2.05) is 0 Å². The summed E-state index contributed by atoms with van der Waals surface area (Å²) < 4.78 is 28.8. The Balaban J connectivity index is 2.33. The Bertz CT molecular complexity index is 348. The topological polar surface area (TPSA) is 64.9 Å². The quantitative estimate of drug-likeness (QED) is 0.641. The molecule has 6 nitrogen and oxygen atoms in total. The number of tetrazole rings is 1. The van der Waals surface area contributed by atoms with Crippen molar-refractivity contribution in [2.75, 3.05) is 19.8 Å². The van der Waals surface area contributed by atoms with Gasteiger partial charge in [0.05, 0.1) is 7.05 Å². The van der Waals surface area contributed by atoms with Crippen LogP contribution in [0.4, 0.5) is 8.78 Å². The molecule has 0 aliphatic rings. The smallest absolute Gasteiger partial charge is 0.261 e. The predicted molar refractivity (Wildman–Crippen MR) is 66.0 cm³/mol. The van der Waals surface area contributed by atoms with E-state index in [1.165, 1.54) is 4.80 Å². The lowest BCUT2D eigenvalue weighted by molar-refractivity contribution is 0.0144. The van der Waals surface area contributed by atoms with Gasteiger partial charge in [-0.15, -0.1) is 10.2 Å². The first-order chi connectivity index (χ1) is 9.11. The Labute approximate surface area is 111 Å². The van der Waals surface area contributed by atoms with Crippen molar-refractivity contribution in [3.05, 3.63) is 5.82 Å². The molecule has 0 saturated carbocycles. The molecule has 1 N–H and O–H groups in total. The Morgan fingerprint density at radius 2 is 2.21 bits per heavy atom. The number of alkyl halides is 2. The van der Waals surface area contributed by atoms with Gasteiger partial charge in [0.1, 0.15) is 6.61 Å². The zero-order chi connectivity index (χ0) is 14.1. The molecule has 1 atom stereocenters. The summed E-state index contributed by atoms with van der Waals surface area (Å²) in [5, 5.41) is 15.1. The van der Waals surface area contributed by atoms with Crippen molar-refractivity contribution in [1.82, 2.24) is 25.5 Å². The summed E-state index contributed by atoms with van der Waals surface area (Å²) in [5.74, 6) is 0.643. The van der Waals surface area contributed by atoms with Crippen LogP contribution in [0.15, 0.2) is 0 Å². The summed E-state index contributed by atoms with van der Waals surface area (Å²) in [7, 11) is 1.71. The molecule has 0 aliphatic heterocycles. The Hall–Kier alpha value is -1.15. The van der Waals surface area contributed by atoms with Crippen LogP contribution in [0.5, 0.6) is 0 Å². The van der Waals surface area contributed by atoms with Crippen molar-refractivity contribution in [2.24, 2.45) is 7.05 Å². The molecule has 1 aromatic heterocycles. The second-order valence-corrected chi connectivity index (χ2v) is 4.30. The van der Waals surface area contributed by atoms with Gasteiger partial charge in [0.25, 0.3) is 6.43 Å². The first-order valence-corrected chi connectivity index (χ1v) is 6.44. The number of aromatic nitrogens is 4. The summed E-state index contributed by atoms with van der Waals surface area (Å²) in [6.07, 6.45) is -0.150. The van der Waals surface area contributed by atoms with E-state index >= 15 is 0 Å². The molecule has 0 bridgehead atoms. The second kappa shape index (κ2) is 8.87. The van der Waals surface area contributed by atoms with Gasteiger partial charge in [-0.1, -0.05) is 6.92 Å². The van der Waals surface area contributed by atoms with Crippen molar-refractivity contribution in [3.63, 3.8) is 0 Å². The minimum absolute atomic E-state index is 0.113. The van der Waals surface area contributed by atoms with E-state index in [0.29, 0.717) is 25.3 Å². The van der Waals surface area contributed by atoms with E-state index in [0.717, 1.165) is 13.0 Å². The number of ether oxygens (including phenoxy) is 1. The van der Waals surface area contributed by atoms with E-state index in [-0.39, 0.29) is 6.04 Å². The van der Waals surface area contributed by atoms with E-state index in [2.05, 4.69) is 27.7 Å². The summed E-state index contributed by atoms with van der Waals surface area (Å²) in [4.78, 5) is 1.40. The highest BCUT2D eigenvalue weighted by Crippen LogP contribution is 2.02. The maximum atomic E-state index is 11.9. The summed E-state index contributed by atoms with van der Waals surface area (Å²) in [5.41, 5.74) is 0. The largest absolute Gasteiger partial charge is 0.375 e. The molecule has 1 heterocycles. The minimum Gasteiger partial charge on any atom is -0.375 e. The Kier molecular flexibility index (Phi) is 7.42. The molecule has 0 amide bonds. The van der Waals surface area contributed by atoms with E-state index in [9.17, 15) is 8.78 Å². The molecular formula is C11H21F2N5O. The molecule has 0 aliphatic carbocycles. The molecule has 1 unspecified atom stereocenters. The number of hydrogen-bond acceptors (Lipinski definition) is 5. The zero-order valence-electron chi connectivity index (χ0n) is 11.4. The minimum atomic E-state index is -2.41. The monoisotopic (exact) mass is 277 g/mol. The van der Waals surface area contributed by atoms with Crippen molar-refractivity contribution >= 4 is 0 Å². The molecular weight excluding hydrogens is 256 g/mol. The predicted octanol–water partition coefficient (Wildman–Crippen LogP) is 0.793. The molecule has 0 aromatic carbocycles. The third-order valence-corrected chi connectivity index (χ3v) is 2.52. The summed E-state index contributed by atoms with van der Waals surface area (Å²) in [6, 6.07) is 0.113. The van der Waals surface area contributed by atoms with Crippen LogP contribution in [-0.4, -0.2) is 52.4 Å². The highest BCUT2D eigenvalue weighted by Gasteiger charge is 2.13. The molecule has 19 heavy (non-hydrogen) atoms. The maximum Gasteiger partial charge on any atom is 0.261 e. The van der Waals surface area contributed by atoms with Crippen LogP contribution in [0, 0.1) is 0 Å². The van der Waals surface area contributed by atoms with Gasteiger partial charge in [-0.3, -0.25) is 0 Å². The molecule has 1 rings (SSSR count). The molecule has 0 spiro atoms. The van der Waals surface area contributed by atoms with Crippen LogP contribution in [0.25, 0.3) is 0 Å². The first-order valence-electron chi connectivity index (χ1n) is 6.44. The average molecular weight is 277 g/mol. The van der Waals surface area contributed by atoms with E-state index in [1.54, 1.807) is 7.05 Å². The van der Waals surface area contributed by atoms with Gasteiger partial charge < -0.3 is 10.1 Å². The lowest BCUT2D eigenvalue weighted by atomic mass is 10.1. The van der Waals surface area contributed by atoms with Gasteiger partial charge >= 0.3 is 0 Å². The molecule has 8 heteroatoms. The normalized spacial score (nSPS) is 13.1. The van der Waals surface area contributed by atoms with Crippen LogP contribution in [-0.2, 0) is 18.2 Å². The van der Waals surface area contributed by atoms with E-state index < -0.39 is 13.0 Å². The Morgan fingerprint density at radius 1 is 1.42 bits per heavy atom. The number of nitrogens with one attached hydrogen (secondary N) is 1. The van der Waals surface area contributed by atoms with Crippen LogP contribution in [0.3, 0.4) is 0 Å². The highest BCUT2D eigenvalue weighted by atomic mass is 19.3. The van der Waals surface area contributed by atoms with Crippen molar-refractivity contribution in [1.29, 1.82) is 0 Å². The highest BCUT2D eigenvalue weighted by molar-refractivity contribution is 4.84. The number of rotatable bonds is 10. The lowest BCUT2D eigenvalue weighted by Gasteiger charge is -2.16. The third kappa shape index (κ3) is 7.12. The van der Waals surface area contributed by atoms with Gasteiger partial charge in [0, 0.05) is 19.1 Å². The SMILES string of the molecule is CCCNC(CCOCC(F)F)Cc1nnn(C)n1. The van der Waals surface area contributed by atoms with Crippen LogP contribution in [0.1, 0.15) is 25.6 Å².